The fourth-order valence-corrected chi connectivity index (χ4v) is 15.4. The quantitative estimate of drug-likeness (QED) is 0.0283. The Bertz CT molecular complexity index is 3230. The van der Waals surface area contributed by atoms with Crippen molar-refractivity contribution in [1.82, 2.24) is 0 Å². The molecule has 4 nitrogen and oxygen atoms in total. The SMILES string of the molecule is CCC(C)c1ccc(OCCC(C)C)c(-c2sc(=O)sc2Sc2ccccc2C)c1.CCC(C)c1ccc(OCCC(C)C)c(C([S-])=C([S-])Sc2ccccc2C)c1.CCC(C)c1ccc(OCCC(C)C)c(C([SiH2])=C([S-])Sc2ccccc2C)c1.[Ni+3]. The molecule has 14 heteroatoms. The van der Waals surface area contributed by atoms with Crippen LogP contribution in [0.4, 0.5) is 0 Å². The van der Waals surface area contributed by atoms with Crippen molar-refractivity contribution in [3.63, 3.8) is 0 Å². The zero-order chi connectivity index (χ0) is 63.0. The molecule has 0 amide bonds. The standard InChI is InChI=1S/C25H30O2S3.C24H32OS3.C24H33OS2Si.Ni/c1-6-17(4)19-11-12-21(27-14-13-16(2)3)20(15-19)23-24(30-25(26)29-23)28-22-10-8-7-9-18(22)5;1-6-17(4)19-11-12-21(25-14-13-16(2)3)20(15-19)23(26)24(27)28-22-10-8-7-9-18(22)5;1-6-17(4)19-11-12-21(25-14-13-16(2)3)20(15-19)23(28)24(26)27-22-10-8-7-9-18(22)5;/h7-12,15-17H,6,13-14H2,1-5H3;7-12,15-17,26-27H,6,13-14H2,1-5H3;7-12,15-17,26H,6,13-14,28H2,1-5H3;/q;;;+3/p-3. The van der Waals surface area contributed by atoms with Crippen LogP contribution in [0.15, 0.2) is 160 Å². The van der Waals surface area contributed by atoms with E-state index in [1.54, 1.807) is 35.3 Å². The van der Waals surface area contributed by atoms with Gasteiger partial charge in [-0.15, -0.1) is 27.8 Å². The average Bonchev–Trinajstić information content (AvgIpc) is 2.20. The molecular formula is C73H92NiO4S8Si. The van der Waals surface area contributed by atoms with Crippen molar-refractivity contribution in [1.29, 1.82) is 0 Å². The summed E-state index contributed by atoms with van der Waals surface area (Å²) in [4.78, 5) is 17.7. The molecular weight excluding hydrogens is 1280 g/mol. The molecule has 3 atom stereocenters. The van der Waals surface area contributed by atoms with Crippen LogP contribution < -0.4 is 18.3 Å². The van der Waals surface area contributed by atoms with Crippen LogP contribution in [-0.2, 0) is 54.4 Å². The van der Waals surface area contributed by atoms with E-state index < -0.39 is 0 Å². The summed E-state index contributed by atoms with van der Waals surface area (Å²) < 4.78 is 21.3. The molecule has 0 bridgehead atoms. The van der Waals surface area contributed by atoms with Gasteiger partial charge in [0, 0.05) is 36.1 Å². The Balaban J connectivity index is 0.000000278. The van der Waals surface area contributed by atoms with E-state index in [-0.39, 0.29) is 20.5 Å². The van der Waals surface area contributed by atoms with Crippen LogP contribution in [0, 0.1) is 38.5 Å². The molecule has 470 valence electrons. The first-order valence-electron chi connectivity index (χ1n) is 30.5. The summed E-state index contributed by atoms with van der Waals surface area (Å²) in [5.74, 6) is 5.97. The third-order valence-corrected chi connectivity index (χ3v) is 23.8. The Labute approximate surface area is 575 Å². The first kappa shape index (κ1) is 75.9. The van der Waals surface area contributed by atoms with E-state index in [0.717, 1.165) is 107 Å². The van der Waals surface area contributed by atoms with Gasteiger partial charge < -0.3 is 52.1 Å². The smallest absolute Gasteiger partial charge is 0.780 e. The predicted molar refractivity (Wildman–Crippen MR) is 392 cm³/mol. The van der Waals surface area contributed by atoms with Gasteiger partial charge in [0.05, 0.1) is 28.9 Å². The first-order chi connectivity index (χ1) is 41.0. The minimum Gasteiger partial charge on any atom is -0.780 e. The van der Waals surface area contributed by atoms with E-state index in [4.69, 9.17) is 52.1 Å². The molecule has 0 saturated carbocycles. The number of ether oxygens (including phenoxy) is 3. The summed E-state index contributed by atoms with van der Waals surface area (Å²) in [5, 5.41) is 1.15. The molecule has 0 aliphatic rings. The fourth-order valence-electron chi connectivity index (χ4n) is 8.59. The molecule has 1 aromatic heterocycles. The second-order valence-corrected chi connectivity index (χ2v) is 31.4. The Morgan fingerprint density at radius 2 is 0.874 bits per heavy atom. The van der Waals surface area contributed by atoms with Crippen LogP contribution in [-0.4, -0.2) is 30.1 Å². The minimum atomic E-state index is 0. The van der Waals surface area contributed by atoms with Gasteiger partial charge in [0.2, 0.25) is 0 Å². The largest absolute Gasteiger partial charge is 3.00 e. The van der Waals surface area contributed by atoms with E-state index in [9.17, 15) is 4.79 Å². The van der Waals surface area contributed by atoms with Crippen LogP contribution >= 0.6 is 58.0 Å². The summed E-state index contributed by atoms with van der Waals surface area (Å²) in [5.41, 5.74) is 10.8. The first-order valence-corrected chi connectivity index (χ1v) is 36.5. The van der Waals surface area contributed by atoms with Crippen LogP contribution in [0.3, 0.4) is 0 Å². The van der Waals surface area contributed by atoms with E-state index in [0.29, 0.717) is 53.6 Å². The molecule has 1 heterocycles. The monoisotopic (exact) mass is 1370 g/mol. The van der Waals surface area contributed by atoms with E-state index in [1.165, 1.54) is 65.8 Å². The van der Waals surface area contributed by atoms with Gasteiger partial charge in [-0.1, -0.05) is 196 Å². The van der Waals surface area contributed by atoms with Crippen molar-refractivity contribution >= 4 is 116 Å². The Morgan fingerprint density at radius 1 is 0.494 bits per heavy atom. The Morgan fingerprint density at radius 3 is 1.31 bits per heavy atom. The van der Waals surface area contributed by atoms with E-state index in [1.807, 2.05) is 34.5 Å². The van der Waals surface area contributed by atoms with Gasteiger partial charge in [0.1, 0.15) is 17.2 Å². The molecule has 87 heavy (non-hydrogen) atoms. The van der Waals surface area contributed by atoms with Gasteiger partial charge in [0.15, 0.2) is 0 Å². The summed E-state index contributed by atoms with van der Waals surface area (Å²) >= 11 is 25.0. The molecule has 2 radical (unpaired) electrons. The van der Waals surface area contributed by atoms with Crippen LogP contribution in [0.1, 0.15) is 184 Å². The maximum absolute atomic E-state index is 12.4. The van der Waals surface area contributed by atoms with Gasteiger partial charge in [-0.2, -0.15) is 9.14 Å². The molecule has 7 aromatic rings. The molecule has 0 aliphatic carbocycles. The average molecular weight is 1380 g/mol. The molecule has 0 N–H and O–H groups in total. The van der Waals surface area contributed by atoms with Gasteiger partial charge in [-0.25, -0.2) is 0 Å². The van der Waals surface area contributed by atoms with Crippen molar-refractivity contribution in [2.75, 3.05) is 19.8 Å². The summed E-state index contributed by atoms with van der Waals surface area (Å²) in [7, 11) is 1.88. The molecule has 0 spiro atoms. The number of aryl methyl sites for hydroxylation is 3. The fraction of sp³-hybridized carbons (Fsp3) is 0.411. The van der Waals surface area contributed by atoms with Gasteiger partial charge in [-0.3, -0.25) is 4.79 Å². The second-order valence-electron chi connectivity index (χ2n) is 23.3. The van der Waals surface area contributed by atoms with Gasteiger partial charge in [-0.05, 0) is 188 Å². The Kier molecular flexibility index (Phi) is 34.0. The van der Waals surface area contributed by atoms with Crippen molar-refractivity contribution in [3.8, 4) is 27.7 Å². The topological polar surface area (TPSA) is 44.8 Å². The number of benzene rings is 6. The van der Waals surface area contributed by atoms with Gasteiger partial charge in [0.25, 0.3) is 4.06 Å². The maximum atomic E-state index is 12.4. The van der Waals surface area contributed by atoms with Gasteiger partial charge >= 0.3 is 16.5 Å². The molecule has 0 aliphatic heterocycles. The summed E-state index contributed by atoms with van der Waals surface area (Å²) in [6, 6.07) is 44.5. The van der Waals surface area contributed by atoms with E-state index >= 15 is 0 Å². The third kappa shape index (κ3) is 24.2. The molecule has 6 aromatic carbocycles. The minimum absolute atomic E-state index is 0. The zero-order valence-electron chi connectivity index (χ0n) is 53.9. The summed E-state index contributed by atoms with van der Waals surface area (Å²) in [6.45, 7) is 35.1. The van der Waals surface area contributed by atoms with Crippen molar-refractivity contribution in [3.05, 3.63) is 189 Å². The maximum Gasteiger partial charge on any atom is 3.00 e. The van der Waals surface area contributed by atoms with Crippen LogP contribution in [0.25, 0.3) is 20.5 Å². The van der Waals surface area contributed by atoms with Crippen molar-refractivity contribution in [2.45, 2.75) is 179 Å². The summed E-state index contributed by atoms with van der Waals surface area (Å²) in [6.07, 6.45) is 6.37. The number of hydrogen-bond donors (Lipinski definition) is 0. The molecule has 0 fully saturated rings. The Hall–Kier alpha value is -3.53. The van der Waals surface area contributed by atoms with Crippen LogP contribution in [0.2, 0.25) is 0 Å². The normalized spacial score (nSPS) is 12.9. The third-order valence-electron chi connectivity index (χ3n) is 15.1. The molecule has 7 rings (SSSR count). The zero-order valence-corrected chi connectivity index (χ0v) is 62.8. The number of hydrogen-bond acceptors (Lipinski definition) is 12. The number of rotatable bonds is 27. The number of thioether (sulfide) groups is 2. The van der Waals surface area contributed by atoms with E-state index in [2.05, 4.69) is 207 Å². The predicted octanol–water partition coefficient (Wildman–Crippen LogP) is 22.2. The molecule has 3 unspecified atom stereocenters. The second kappa shape index (κ2) is 39.0. The van der Waals surface area contributed by atoms with Crippen molar-refractivity contribution in [2.24, 2.45) is 17.8 Å². The van der Waals surface area contributed by atoms with Crippen LogP contribution in [0.5, 0.6) is 17.2 Å². The molecule has 0 saturated heterocycles. The van der Waals surface area contributed by atoms with Crippen molar-refractivity contribution < 1.29 is 30.7 Å².